The Hall–Kier alpha value is -1.63. The van der Waals surface area contributed by atoms with Crippen molar-refractivity contribution in [1.29, 1.82) is 0 Å². The number of carbonyl (C=O) groups is 1. The second-order valence-corrected chi connectivity index (χ2v) is 6.66. The van der Waals surface area contributed by atoms with E-state index in [1.165, 1.54) is 0 Å². The average Bonchev–Trinajstić information content (AvgIpc) is 2.83. The van der Waals surface area contributed by atoms with Crippen LogP contribution in [-0.2, 0) is 16.1 Å². The number of carbonyl (C=O) groups excluding carboxylic acids is 1. The maximum Gasteiger partial charge on any atom is 0.410 e. The van der Waals surface area contributed by atoms with Gasteiger partial charge in [0.25, 0.3) is 0 Å². The Kier molecular flexibility index (Phi) is 5.39. The van der Waals surface area contributed by atoms with Crippen LogP contribution in [0.1, 0.15) is 45.4 Å². The molecular formula is C15H25N3O4. The van der Waals surface area contributed by atoms with Crippen LogP contribution in [0.5, 0.6) is 0 Å². The molecule has 7 nitrogen and oxygen atoms in total. The van der Waals surface area contributed by atoms with Crippen LogP contribution in [0.2, 0.25) is 0 Å². The zero-order chi connectivity index (χ0) is 16.2. The van der Waals surface area contributed by atoms with Gasteiger partial charge in [-0.3, -0.25) is 0 Å². The average molecular weight is 311 g/mol. The van der Waals surface area contributed by atoms with E-state index < -0.39 is 5.60 Å². The fourth-order valence-electron chi connectivity index (χ4n) is 2.40. The van der Waals surface area contributed by atoms with Gasteiger partial charge in [0.1, 0.15) is 12.2 Å². The van der Waals surface area contributed by atoms with E-state index in [0.29, 0.717) is 37.5 Å². The molecule has 1 atom stereocenters. The van der Waals surface area contributed by atoms with E-state index >= 15 is 0 Å². The number of likely N-dealkylation sites (tertiary alicyclic amines) is 1. The summed E-state index contributed by atoms with van der Waals surface area (Å²) >= 11 is 0. The van der Waals surface area contributed by atoms with Crippen LogP contribution in [0.3, 0.4) is 0 Å². The van der Waals surface area contributed by atoms with Crippen LogP contribution in [0, 0.1) is 12.8 Å². The molecule has 0 saturated carbocycles. The fourth-order valence-corrected chi connectivity index (χ4v) is 2.40. The van der Waals surface area contributed by atoms with Crippen molar-refractivity contribution >= 4 is 6.09 Å². The first-order valence-electron chi connectivity index (χ1n) is 7.68. The summed E-state index contributed by atoms with van der Waals surface area (Å²) in [6, 6.07) is 0. The minimum Gasteiger partial charge on any atom is -0.444 e. The minimum atomic E-state index is -0.462. The number of aryl methyl sites for hydroxylation is 1. The summed E-state index contributed by atoms with van der Waals surface area (Å²) in [5.74, 6) is 1.33. The van der Waals surface area contributed by atoms with E-state index in [2.05, 4.69) is 10.2 Å². The molecule has 0 aromatic carbocycles. The lowest BCUT2D eigenvalue weighted by molar-refractivity contribution is 0.00409. The molecule has 0 N–H and O–H groups in total. The first-order chi connectivity index (χ1) is 10.3. The summed E-state index contributed by atoms with van der Waals surface area (Å²) in [7, 11) is 0. The molecule has 1 saturated heterocycles. The zero-order valence-corrected chi connectivity index (χ0v) is 13.8. The normalized spacial score (nSPS) is 19.3. The summed E-state index contributed by atoms with van der Waals surface area (Å²) < 4.78 is 16.3. The standard InChI is InChI=1S/C15H25N3O4/c1-11-16-17-13(21-11)10-20-9-12-6-5-7-18(8-12)14(19)22-15(2,3)4/h12H,5-10H2,1-4H3/t12-/m0/s1. The summed E-state index contributed by atoms with van der Waals surface area (Å²) in [6.45, 7) is 9.67. The SMILES string of the molecule is Cc1nnc(COC[C@H]2CCCN(C(=O)OC(C)(C)C)C2)o1. The van der Waals surface area contributed by atoms with E-state index in [1.54, 1.807) is 11.8 Å². The molecule has 1 aliphatic rings. The third-order valence-corrected chi connectivity index (χ3v) is 3.32. The Morgan fingerprint density at radius 3 is 2.82 bits per heavy atom. The van der Waals surface area contributed by atoms with E-state index in [1.807, 2.05) is 20.8 Å². The van der Waals surface area contributed by atoms with Crippen LogP contribution in [-0.4, -0.2) is 46.5 Å². The maximum atomic E-state index is 12.1. The van der Waals surface area contributed by atoms with Gasteiger partial charge in [-0.15, -0.1) is 10.2 Å². The monoisotopic (exact) mass is 311 g/mol. The maximum absolute atomic E-state index is 12.1. The lowest BCUT2D eigenvalue weighted by Gasteiger charge is -2.33. The third-order valence-electron chi connectivity index (χ3n) is 3.32. The molecule has 1 amide bonds. The molecule has 7 heteroatoms. The minimum absolute atomic E-state index is 0.246. The summed E-state index contributed by atoms with van der Waals surface area (Å²) in [4.78, 5) is 13.9. The summed E-state index contributed by atoms with van der Waals surface area (Å²) in [6.07, 6.45) is 1.76. The fraction of sp³-hybridized carbons (Fsp3) is 0.800. The Balaban J connectivity index is 1.74. The lowest BCUT2D eigenvalue weighted by atomic mass is 9.99. The highest BCUT2D eigenvalue weighted by atomic mass is 16.6. The molecule has 124 valence electrons. The van der Waals surface area contributed by atoms with Gasteiger partial charge in [-0.1, -0.05) is 0 Å². The summed E-state index contributed by atoms with van der Waals surface area (Å²) in [5.41, 5.74) is -0.462. The van der Waals surface area contributed by atoms with Crippen molar-refractivity contribution in [3.8, 4) is 0 Å². The quantitative estimate of drug-likeness (QED) is 0.850. The summed E-state index contributed by atoms with van der Waals surface area (Å²) in [5, 5.41) is 7.64. The highest BCUT2D eigenvalue weighted by Crippen LogP contribution is 2.20. The van der Waals surface area contributed by atoms with Crippen molar-refractivity contribution in [2.45, 2.75) is 52.7 Å². The Labute approximate surface area is 131 Å². The Bertz CT molecular complexity index is 495. The van der Waals surface area contributed by atoms with Gasteiger partial charge in [0.15, 0.2) is 0 Å². The Morgan fingerprint density at radius 1 is 1.41 bits per heavy atom. The lowest BCUT2D eigenvalue weighted by Crippen LogP contribution is -2.43. The first-order valence-corrected chi connectivity index (χ1v) is 7.68. The molecule has 0 radical (unpaired) electrons. The number of amides is 1. The van der Waals surface area contributed by atoms with Gasteiger partial charge in [0.2, 0.25) is 11.8 Å². The Morgan fingerprint density at radius 2 is 2.18 bits per heavy atom. The number of hydrogen-bond donors (Lipinski definition) is 0. The van der Waals surface area contributed by atoms with E-state index in [0.717, 1.165) is 19.4 Å². The van der Waals surface area contributed by atoms with Crippen LogP contribution >= 0.6 is 0 Å². The number of hydrogen-bond acceptors (Lipinski definition) is 6. The molecule has 22 heavy (non-hydrogen) atoms. The van der Waals surface area contributed by atoms with Crippen molar-refractivity contribution in [1.82, 2.24) is 15.1 Å². The van der Waals surface area contributed by atoms with Crippen LogP contribution in [0.25, 0.3) is 0 Å². The topological polar surface area (TPSA) is 77.7 Å². The van der Waals surface area contributed by atoms with Crippen LogP contribution in [0.15, 0.2) is 4.42 Å². The number of piperidine rings is 1. The van der Waals surface area contributed by atoms with Gasteiger partial charge in [0, 0.05) is 25.9 Å². The third kappa shape index (κ3) is 5.29. The first kappa shape index (κ1) is 16.7. The molecule has 0 bridgehead atoms. The highest BCUT2D eigenvalue weighted by molar-refractivity contribution is 5.68. The number of rotatable bonds is 4. The van der Waals surface area contributed by atoms with Crippen molar-refractivity contribution in [2.75, 3.05) is 19.7 Å². The van der Waals surface area contributed by atoms with E-state index in [-0.39, 0.29) is 6.09 Å². The molecule has 1 fully saturated rings. The largest absolute Gasteiger partial charge is 0.444 e. The number of ether oxygens (including phenoxy) is 2. The van der Waals surface area contributed by atoms with E-state index in [4.69, 9.17) is 13.9 Å². The molecule has 0 spiro atoms. The number of aromatic nitrogens is 2. The number of nitrogens with zero attached hydrogens (tertiary/aromatic N) is 3. The van der Waals surface area contributed by atoms with Gasteiger partial charge < -0.3 is 18.8 Å². The second-order valence-electron chi connectivity index (χ2n) is 6.66. The molecule has 1 aliphatic heterocycles. The van der Waals surface area contributed by atoms with Crippen molar-refractivity contribution < 1.29 is 18.7 Å². The molecule has 2 heterocycles. The van der Waals surface area contributed by atoms with Gasteiger partial charge in [-0.25, -0.2) is 4.79 Å². The van der Waals surface area contributed by atoms with Gasteiger partial charge in [0.05, 0.1) is 6.61 Å². The molecule has 0 unspecified atom stereocenters. The predicted octanol–water partition coefficient (Wildman–Crippen LogP) is 2.54. The molecule has 1 aromatic heterocycles. The molecular weight excluding hydrogens is 286 g/mol. The van der Waals surface area contributed by atoms with Crippen molar-refractivity contribution in [2.24, 2.45) is 5.92 Å². The zero-order valence-electron chi connectivity index (χ0n) is 13.8. The van der Waals surface area contributed by atoms with Crippen molar-refractivity contribution in [3.63, 3.8) is 0 Å². The second kappa shape index (κ2) is 7.09. The van der Waals surface area contributed by atoms with Crippen molar-refractivity contribution in [3.05, 3.63) is 11.8 Å². The molecule has 1 aromatic rings. The van der Waals surface area contributed by atoms with Crippen LogP contribution < -0.4 is 0 Å². The van der Waals surface area contributed by atoms with Gasteiger partial charge in [-0.05, 0) is 33.6 Å². The van der Waals surface area contributed by atoms with E-state index in [9.17, 15) is 4.79 Å². The predicted molar refractivity (Wildman–Crippen MR) is 79.2 cm³/mol. The van der Waals surface area contributed by atoms with Gasteiger partial charge in [-0.2, -0.15) is 0 Å². The smallest absolute Gasteiger partial charge is 0.410 e. The highest BCUT2D eigenvalue weighted by Gasteiger charge is 2.27. The molecule has 2 rings (SSSR count). The van der Waals surface area contributed by atoms with Crippen LogP contribution in [0.4, 0.5) is 4.79 Å². The molecule has 0 aliphatic carbocycles. The van der Waals surface area contributed by atoms with Gasteiger partial charge >= 0.3 is 6.09 Å².